The van der Waals surface area contributed by atoms with Crippen molar-refractivity contribution >= 4 is 11.8 Å². The van der Waals surface area contributed by atoms with Gasteiger partial charge in [0.1, 0.15) is 5.60 Å². The van der Waals surface area contributed by atoms with E-state index in [0.29, 0.717) is 24.0 Å². The molecule has 1 heterocycles. The van der Waals surface area contributed by atoms with Crippen LogP contribution in [-0.2, 0) is 14.3 Å². The summed E-state index contributed by atoms with van der Waals surface area (Å²) >= 11 is 0. The minimum absolute atomic E-state index is 0.0561. The third-order valence-corrected chi connectivity index (χ3v) is 10.9. The molecule has 0 N–H and O–H groups in total. The first-order valence-corrected chi connectivity index (χ1v) is 11.4. The van der Waals surface area contributed by atoms with Gasteiger partial charge in [-0.05, 0) is 85.5 Å². The number of carbonyl (C=O) groups is 2. The predicted molar refractivity (Wildman–Crippen MR) is 99.5 cm³/mol. The molecule has 0 radical (unpaired) electrons. The van der Waals surface area contributed by atoms with Crippen LogP contribution in [0.2, 0.25) is 0 Å². The molecule has 7 rings (SSSR count). The number of fused-ring (bicyclic) bond motifs is 12. The maximum absolute atomic E-state index is 12.2. The number of carbonyl (C=O) groups excluding carboxylic acids is 2. The van der Waals surface area contributed by atoms with Gasteiger partial charge < -0.3 is 4.74 Å². The molecule has 10 atom stereocenters. The Hall–Kier alpha value is -1.12. The summed E-state index contributed by atoms with van der Waals surface area (Å²) in [7, 11) is 0. The Morgan fingerprint density at radius 3 is 2.63 bits per heavy atom. The van der Waals surface area contributed by atoms with Crippen molar-refractivity contribution in [1.29, 1.82) is 0 Å². The zero-order valence-electron chi connectivity index (χ0n) is 16.5. The van der Waals surface area contributed by atoms with Crippen LogP contribution in [-0.4, -0.2) is 17.4 Å². The summed E-state index contributed by atoms with van der Waals surface area (Å²) in [6, 6.07) is 0. The lowest BCUT2D eigenvalue weighted by Gasteiger charge is -2.60. The van der Waals surface area contributed by atoms with Crippen molar-refractivity contribution in [2.45, 2.75) is 70.8 Å². The third-order valence-electron chi connectivity index (χ3n) is 10.9. The molecule has 0 unspecified atom stereocenters. The molecule has 27 heavy (non-hydrogen) atoms. The van der Waals surface area contributed by atoms with Crippen LogP contribution in [0.4, 0.5) is 0 Å². The lowest BCUT2D eigenvalue weighted by molar-refractivity contribution is -0.177. The van der Waals surface area contributed by atoms with Gasteiger partial charge in [-0.2, -0.15) is 0 Å². The van der Waals surface area contributed by atoms with Crippen LogP contribution in [0, 0.1) is 52.3 Å². The second kappa shape index (κ2) is 4.39. The first kappa shape index (κ1) is 15.8. The van der Waals surface area contributed by atoms with Gasteiger partial charge in [0, 0.05) is 24.2 Å². The molecule has 0 bridgehead atoms. The van der Waals surface area contributed by atoms with E-state index in [2.05, 4.69) is 19.9 Å². The summed E-state index contributed by atoms with van der Waals surface area (Å²) in [5, 5.41) is 0. The Morgan fingerprint density at radius 1 is 1.00 bits per heavy atom. The Morgan fingerprint density at radius 2 is 1.85 bits per heavy atom. The number of rotatable bonds is 0. The number of hydrogen-bond donors (Lipinski definition) is 0. The zero-order chi connectivity index (χ0) is 18.3. The smallest absolute Gasteiger partial charge is 0.306 e. The van der Waals surface area contributed by atoms with Crippen LogP contribution in [0.1, 0.15) is 65.2 Å². The van der Waals surface area contributed by atoms with Gasteiger partial charge in [-0.3, -0.25) is 9.59 Å². The Balaban J connectivity index is 1.33. The van der Waals surface area contributed by atoms with E-state index in [0.717, 1.165) is 48.9 Å². The van der Waals surface area contributed by atoms with Gasteiger partial charge in [-0.15, -0.1) is 0 Å². The van der Waals surface area contributed by atoms with E-state index >= 15 is 0 Å². The highest BCUT2D eigenvalue weighted by Gasteiger charge is 2.81. The van der Waals surface area contributed by atoms with Gasteiger partial charge in [-0.1, -0.05) is 19.4 Å². The minimum Gasteiger partial charge on any atom is -0.458 e. The largest absolute Gasteiger partial charge is 0.458 e. The molecule has 1 saturated heterocycles. The average Bonchev–Trinajstić information content (AvgIpc) is 3.53. The van der Waals surface area contributed by atoms with Crippen molar-refractivity contribution in [3.63, 3.8) is 0 Å². The van der Waals surface area contributed by atoms with Crippen LogP contribution in [0.25, 0.3) is 0 Å². The summed E-state index contributed by atoms with van der Waals surface area (Å²) in [5.41, 5.74) is 1.85. The second-order valence-corrected chi connectivity index (χ2v) is 11.5. The minimum atomic E-state index is -0.131. The summed E-state index contributed by atoms with van der Waals surface area (Å²) in [4.78, 5) is 24.3. The zero-order valence-corrected chi connectivity index (χ0v) is 16.5. The van der Waals surface area contributed by atoms with Gasteiger partial charge in [0.2, 0.25) is 0 Å². The Bertz CT molecular complexity index is 827. The van der Waals surface area contributed by atoms with E-state index < -0.39 is 0 Å². The Labute approximate surface area is 161 Å². The highest BCUT2D eigenvalue weighted by Crippen LogP contribution is 2.82. The van der Waals surface area contributed by atoms with Crippen LogP contribution in [0.15, 0.2) is 11.6 Å². The molecule has 0 aromatic heterocycles. The SMILES string of the molecule is C[C@]12CCC(=O)C=C1[C@@H]1C[C@H]1[C@H]1[C@@H]3[C@@H]4C[C@@H]4[C@@]4(CCC(=O)O4)[C@@]3(C)CC[C@@H]12. The number of allylic oxidation sites excluding steroid dienone is 1. The van der Waals surface area contributed by atoms with Crippen LogP contribution in [0.5, 0.6) is 0 Å². The van der Waals surface area contributed by atoms with Crippen molar-refractivity contribution < 1.29 is 14.3 Å². The first-order chi connectivity index (χ1) is 12.9. The van der Waals surface area contributed by atoms with Gasteiger partial charge in [0.25, 0.3) is 0 Å². The van der Waals surface area contributed by atoms with Crippen molar-refractivity contribution in [2.24, 2.45) is 52.3 Å². The molecular weight excluding hydrogens is 336 g/mol. The highest BCUT2D eigenvalue weighted by atomic mass is 16.6. The van der Waals surface area contributed by atoms with Gasteiger partial charge in [-0.25, -0.2) is 0 Å². The molecule has 144 valence electrons. The van der Waals surface area contributed by atoms with Crippen molar-refractivity contribution in [3.8, 4) is 0 Å². The fourth-order valence-electron chi connectivity index (χ4n) is 9.74. The average molecular weight is 367 g/mol. The van der Waals surface area contributed by atoms with Gasteiger partial charge in [0.15, 0.2) is 5.78 Å². The normalized spacial score (nSPS) is 62.0. The maximum atomic E-state index is 12.2. The molecular formula is C24H30O3. The lowest BCUT2D eigenvalue weighted by Crippen LogP contribution is -2.57. The van der Waals surface area contributed by atoms with E-state index in [1.165, 1.54) is 31.3 Å². The van der Waals surface area contributed by atoms with E-state index in [-0.39, 0.29) is 22.4 Å². The van der Waals surface area contributed by atoms with Crippen molar-refractivity contribution in [3.05, 3.63) is 11.6 Å². The highest BCUT2D eigenvalue weighted by molar-refractivity contribution is 5.92. The molecule has 7 aliphatic rings. The fraction of sp³-hybridized carbons (Fsp3) is 0.833. The van der Waals surface area contributed by atoms with Crippen LogP contribution in [0.3, 0.4) is 0 Å². The second-order valence-electron chi connectivity index (χ2n) is 11.5. The number of esters is 1. The van der Waals surface area contributed by atoms with Crippen molar-refractivity contribution in [2.75, 3.05) is 0 Å². The molecule has 1 aliphatic heterocycles. The maximum Gasteiger partial charge on any atom is 0.306 e. The first-order valence-electron chi connectivity index (χ1n) is 11.4. The van der Waals surface area contributed by atoms with E-state index in [1.54, 1.807) is 0 Å². The number of ketones is 1. The van der Waals surface area contributed by atoms with E-state index in [1.807, 2.05) is 0 Å². The quantitative estimate of drug-likeness (QED) is 0.600. The standard InChI is InChI=1S/C24H30O3/c1-22-6-3-12(25)9-17(22)13-10-14(13)20-16(22)4-7-23(2)21(20)15-11-18(15)24(23)8-5-19(26)27-24/h9,13-16,18,20-21H,3-8,10-11H2,1-2H3/t13-,14-,15-,16+,18+,20-,21+,22-,23+,24+/m1/s1. The van der Waals surface area contributed by atoms with Crippen LogP contribution < -0.4 is 0 Å². The third kappa shape index (κ3) is 1.58. The topological polar surface area (TPSA) is 43.4 Å². The summed E-state index contributed by atoms with van der Waals surface area (Å²) in [5.74, 6) is 5.65. The summed E-state index contributed by atoms with van der Waals surface area (Å²) in [6.45, 7) is 4.99. The molecule has 6 aliphatic carbocycles. The molecule has 1 spiro atoms. The van der Waals surface area contributed by atoms with E-state index in [4.69, 9.17) is 4.74 Å². The Kier molecular flexibility index (Phi) is 2.56. The van der Waals surface area contributed by atoms with Gasteiger partial charge >= 0.3 is 5.97 Å². The monoisotopic (exact) mass is 366 g/mol. The molecule has 0 aromatic carbocycles. The predicted octanol–water partition coefficient (Wildman–Crippen LogP) is 4.31. The summed E-state index contributed by atoms with van der Waals surface area (Å²) in [6.07, 6.45) is 10.6. The molecule has 3 nitrogen and oxygen atoms in total. The molecule has 5 saturated carbocycles. The van der Waals surface area contributed by atoms with Crippen LogP contribution >= 0.6 is 0 Å². The summed E-state index contributed by atoms with van der Waals surface area (Å²) < 4.78 is 6.22. The lowest BCUT2D eigenvalue weighted by atomic mass is 9.45. The fourth-order valence-corrected chi connectivity index (χ4v) is 9.74. The molecule has 6 fully saturated rings. The molecule has 3 heteroatoms. The molecule has 0 amide bonds. The van der Waals surface area contributed by atoms with Crippen molar-refractivity contribution in [1.82, 2.24) is 0 Å². The molecule has 0 aromatic rings. The van der Waals surface area contributed by atoms with Gasteiger partial charge in [0.05, 0.1) is 0 Å². The van der Waals surface area contributed by atoms with E-state index in [9.17, 15) is 9.59 Å². The number of ether oxygens (including phenoxy) is 1. The number of hydrogen-bond acceptors (Lipinski definition) is 3.